The molecule has 0 saturated carbocycles. The lowest BCUT2D eigenvalue weighted by Gasteiger charge is -2.06. The first-order valence-corrected chi connectivity index (χ1v) is 4.91. The van der Waals surface area contributed by atoms with Crippen LogP contribution in [0.2, 0.25) is 0 Å². The molecule has 0 aliphatic carbocycles. The van der Waals surface area contributed by atoms with Gasteiger partial charge in [-0.15, -0.1) is 0 Å². The monoisotopic (exact) mass is 178 g/mol. The van der Waals surface area contributed by atoms with Gasteiger partial charge in [-0.25, -0.2) is 4.79 Å². The van der Waals surface area contributed by atoms with E-state index in [1.807, 2.05) is 6.26 Å². The number of hydrogen-bond donors (Lipinski definition) is 1. The second kappa shape index (κ2) is 6.49. The molecular formula is C7H14O3S. The van der Waals surface area contributed by atoms with Crippen LogP contribution in [0, 0.1) is 0 Å². The van der Waals surface area contributed by atoms with E-state index in [0.29, 0.717) is 6.61 Å². The van der Waals surface area contributed by atoms with Crippen LogP contribution in [0.25, 0.3) is 0 Å². The molecule has 11 heavy (non-hydrogen) atoms. The van der Waals surface area contributed by atoms with Gasteiger partial charge in [-0.3, -0.25) is 0 Å². The summed E-state index contributed by atoms with van der Waals surface area (Å²) in [5.74, 6) is 0.126. The largest absolute Gasteiger partial charge is 0.479 e. The Hall–Kier alpha value is -0.220. The van der Waals surface area contributed by atoms with E-state index in [2.05, 4.69) is 0 Å². The van der Waals surface area contributed by atoms with Gasteiger partial charge in [0.25, 0.3) is 0 Å². The Bertz CT molecular complexity index is 116. The van der Waals surface area contributed by atoms with Crippen LogP contribution >= 0.6 is 11.8 Å². The second-order valence-corrected chi connectivity index (χ2v) is 3.18. The summed E-state index contributed by atoms with van der Waals surface area (Å²) >= 11 is 1.73. The molecule has 0 saturated heterocycles. The molecular weight excluding hydrogens is 164 g/mol. The van der Waals surface area contributed by atoms with Gasteiger partial charge >= 0.3 is 5.97 Å². The van der Waals surface area contributed by atoms with Crippen molar-refractivity contribution in [1.29, 1.82) is 0 Å². The number of rotatable bonds is 6. The minimum atomic E-state index is -0.894. The molecule has 0 aromatic carbocycles. The summed E-state index contributed by atoms with van der Waals surface area (Å²) in [7, 11) is 0. The number of carbonyl (C=O) groups is 1. The molecule has 0 rings (SSSR count). The zero-order valence-electron chi connectivity index (χ0n) is 6.87. The lowest BCUT2D eigenvalue weighted by atomic mass is 10.4. The molecule has 0 aliphatic rings. The molecule has 1 atom stereocenters. The fourth-order valence-corrected chi connectivity index (χ4v) is 0.941. The van der Waals surface area contributed by atoms with Gasteiger partial charge in [-0.05, 0) is 25.4 Å². The topological polar surface area (TPSA) is 46.5 Å². The lowest BCUT2D eigenvalue weighted by Crippen LogP contribution is -2.20. The highest BCUT2D eigenvalue weighted by Gasteiger charge is 2.09. The van der Waals surface area contributed by atoms with Gasteiger partial charge in [-0.1, -0.05) is 0 Å². The molecule has 0 radical (unpaired) electrons. The quantitative estimate of drug-likeness (QED) is 0.621. The average Bonchev–Trinajstić information content (AvgIpc) is 1.97. The van der Waals surface area contributed by atoms with Crippen LogP contribution in [0.4, 0.5) is 0 Å². The fourth-order valence-electron chi connectivity index (χ4n) is 0.535. The van der Waals surface area contributed by atoms with Crippen LogP contribution in [-0.2, 0) is 9.53 Å². The summed E-state index contributed by atoms with van der Waals surface area (Å²) in [6.07, 6.45) is 2.26. The molecule has 3 nitrogen and oxygen atoms in total. The molecule has 0 aromatic rings. The molecule has 0 spiro atoms. The van der Waals surface area contributed by atoms with Crippen molar-refractivity contribution in [2.45, 2.75) is 19.4 Å². The standard InChI is InChI=1S/C7H14O3S/c1-6(7(8)9)10-4-3-5-11-2/h6H,3-5H2,1-2H3,(H,8,9)/t6-/m1/s1. The van der Waals surface area contributed by atoms with Crippen molar-refractivity contribution < 1.29 is 14.6 Å². The minimum Gasteiger partial charge on any atom is -0.479 e. The SMILES string of the molecule is CSCCCO[C@H](C)C(=O)O. The van der Waals surface area contributed by atoms with E-state index < -0.39 is 12.1 Å². The van der Waals surface area contributed by atoms with E-state index in [-0.39, 0.29) is 0 Å². The van der Waals surface area contributed by atoms with Crippen molar-refractivity contribution >= 4 is 17.7 Å². The Kier molecular flexibility index (Phi) is 6.36. The van der Waals surface area contributed by atoms with Crippen LogP contribution < -0.4 is 0 Å². The zero-order chi connectivity index (χ0) is 8.69. The molecule has 0 heterocycles. The van der Waals surface area contributed by atoms with Gasteiger partial charge in [0.15, 0.2) is 6.10 Å². The van der Waals surface area contributed by atoms with Crippen molar-refractivity contribution in [2.75, 3.05) is 18.6 Å². The van der Waals surface area contributed by atoms with Crippen LogP contribution in [0.5, 0.6) is 0 Å². The van der Waals surface area contributed by atoms with Gasteiger partial charge in [0.2, 0.25) is 0 Å². The number of carboxylic acid groups (broad SMARTS) is 1. The van der Waals surface area contributed by atoms with Crippen molar-refractivity contribution in [3.05, 3.63) is 0 Å². The molecule has 1 N–H and O–H groups in total. The van der Waals surface area contributed by atoms with E-state index in [9.17, 15) is 4.79 Å². The highest BCUT2D eigenvalue weighted by atomic mass is 32.2. The number of aliphatic carboxylic acids is 1. The van der Waals surface area contributed by atoms with Gasteiger partial charge in [0.1, 0.15) is 0 Å². The maximum Gasteiger partial charge on any atom is 0.332 e. The third kappa shape index (κ3) is 6.19. The van der Waals surface area contributed by atoms with Gasteiger partial charge < -0.3 is 9.84 Å². The normalized spacial score (nSPS) is 12.9. The van der Waals surface area contributed by atoms with Gasteiger partial charge in [0, 0.05) is 6.61 Å². The molecule has 0 unspecified atom stereocenters. The van der Waals surface area contributed by atoms with Crippen LogP contribution in [-0.4, -0.2) is 35.8 Å². The highest BCUT2D eigenvalue weighted by molar-refractivity contribution is 7.98. The van der Waals surface area contributed by atoms with Crippen molar-refractivity contribution in [3.8, 4) is 0 Å². The minimum absolute atomic E-state index is 0.536. The van der Waals surface area contributed by atoms with E-state index in [4.69, 9.17) is 9.84 Å². The summed E-state index contributed by atoms with van der Waals surface area (Å²) in [4.78, 5) is 10.2. The van der Waals surface area contributed by atoms with Crippen molar-refractivity contribution in [1.82, 2.24) is 0 Å². The average molecular weight is 178 g/mol. The molecule has 4 heteroatoms. The summed E-state index contributed by atoms with van der Waals surface area (Å²) < 4.78 is 4.99. The summed E-state index contributed by atoms with van der Waals surface area (Å²) in [6, 6.07) is 0. The Balaban J connectivity index is 3.17. The van der Waals surface area contributed by atoms with E-state index in [1.165, 1.54) is 0 Å². The first kappa shape index (κ1) is 10.8. The molecule has 0 fully saturated rings. The third-order valence-corrected chi connectivity index (χ3v) is 1.91. The molecule has 66 valence electrons. The Labute approximate surface area is 71.1 Å². The van der Waals surface area contributed by atoms with Crippen molar-refractivity contribution in [3.63, 3.8) is 0 Å². The van der Waals surface area contributed by atoms with Crippen LogP contribution in [0.3, 0.4) is 0 Å². The third-order valence-electron chi connectivity index (χ3n) is 1.21. The van der Waals surface area contributed by atoms with E-state index >= 15 is 0 Å². The molecule has 0 bridgehead atoms. The molecule has 0 amide bonds. The van der Waals surface area contributed by atoms with Crippen molar-refractivity contribution in [2.24, 2.45) is 0 Å². The summed E-state index contributed by atoms with van der Waals surface area (Å²) in [5.41, 5.74) is 0. The van der Waals surface area contributed by atoms with Gasteiger partial charge in [0.05, 0.1) is 0 Å². The number of thioether (sulfide) groups is 1. The predicted octanol–water partition coefficient (Wildman–Crippen LogP) is 1.23. The number of ether oxygens (including phenoxy) is 1. The first-order valence-electron chi connectivity index (χ1n) is 3.52. The summed E-state index contributed by atoms with van der Waals surface area (Å²) in [6.45, 7) is 2.08. The maximum absolute atomic E-state index is 10.2. The first-order chi connectivity index (χ1) is 5.18. The van der Waals surface area contributed by atoms with E-state index in [0.717, 1.165) is 12.2 Å². The maximum atomic E-state index is 10.2. The highest BCUT2D eigenvalue weighted by Crippen LogP contribution is 1.98. The smallest absolute Gasteiger partial charge is 0.332 e. The Morgan fingerprint density at radius 3 is 2.82 bits per heavy atom. The lowest BCUT2D eigenvalue weighted by molar-refractivity contribution is -0.149. The molecule has 0 aromatic heterocycles. The number of carboxylic acids is 1. The van der Waals surface area contributed by atoms with Crippen LogP contribution in [0.1, 0.15) is 13.3 Å². The van der Waals surface area contributed by atoms with Gasteiger partial charge in [-0.2, -0.15) is 11.8 Å². The second-order valence-electron chi connectivity index (χ2n) is 2.20. The molecule has 0 aliphatic heterocycles. The number of hydrogen-bond acceptors (Lipinski definition) is 3. The fraction of sp³-hybridized carbons (Fsp3) is 0.857. The Morgan fingerprint density at radius 1 is 1.73 bits per heavy atom. The summed E-state index contributed by atoms with van der Waals surface area (Å²) in [5, 5.41) is 8.41. The predicted molar refractivity (Wildman–Crippen MR) is 46.0 cm³/mol. The van der Waals surface area contributed by atoms with E-state index in [1.54, 1.807) is 18.7 Å². The zero-order valence-corrected chi connectivity index (χ0v) is 7.69. The van der Waals surface area contributed by atoms with Crippen LogP contribution in [0.15, 0.2) is 0 Å². The Morgan fingerprint density at radius 2 is 2.36 bits per heavy atom.